The van der Waals surface area contributed by atoms with E-state index in [9.17, 15) is 19.2 Å². The largest absolute Gasteiger partial charge is 0.480 e. The van der Waals surface area contributed by atoms with Crippen molar-refractivity contribution in [3.8, 4) is 0 Å². The molecule has 1 spiro atoms. The summed E-state index contributed by atoms with van der Waals surface area (Å²) in [5, 5.41) is 11.8. The van der Waals surface area contributed by atoms with Gasteiger partial charge in [-0.25, -0.2) is 4.79 Å². The average Bonchev–Trinajstić information content (AvgIpc) is 2.76. The Morgan fingerprint density at radius 3 is 2.26 bits per heavy atom. The molecule has 1 saturated carbocycles. The number of nitrogens with zero attached hydrogens (tertiary/aromatic N) is 2. The summed E-state index contributed by atoms with van der Waals surface area (Å²) in [6, 6.07) is -0.910. The van der Waals surface area contributed by atoms with Crippen molar-refractivity contribution in [2.24, 2.45) is 11.3 Å². The number of urea groups is 1. The molecule has 1 heterocycles. The van der Waals surface area contributed by atoms with Crippen LogP contribution < -0.4 is 5.32 Å². The predicted octanol–water partition coefficient (Wildman–Crippen LogP) is 1.83. The zero-order valence-electron chi connectivity index (χ0n) is 16.9. The average molecular weight is 381 g/mol. The fourth-order valence-corrected chi connectivity index (χ4v) is 4.07. The number of carboxylic acids is 1. The van der Waals surface area contributed by atoms with Crippen LogP contribution in [0, 0.1) is 11.3 Å². The summed E-state index contributed by atoms with van der Waals surface area (Å²) in [7, 11) is 0. The highest BCUT2D eigenvalue weighted by Crippen LogP contribution is 2.43. The van der Waals surface area contributed by atoms with E-state index in [2.05, 4.69) is 26.1 Å². The quantitative estimate of drug-likeness (QED) is 0.707. The summed E-state index contributed by atoms with van der Waals surface area (Å²) in [6.07, 6.45) is 2.81. The first-order chi connectivity index (χ1) is 12.4. The minimum absolute atomic E-state index is 0.150. The van der Waals surface area contributed by atoms with Crippen molar-refractivity contribution in [2.75, 3.05) is 13.1 Å². The lowest BCUT2D eigenvalue weighted by molar-refractivity contribution is -0.147. The van der Waals surface area contributed by atoms with Gasteiger partial charge >= 0.3 is 12.0 Å². The molecule has 4 amide bonds. The van der Waals surface area contributed by atoms with Gasteiger partial charge in [-0.15, -0.1) is 0 Å². The van der Waals surface area contributed by atoms with Crippen LogP contribution in [0.25, 0.3) is 0 Å². The zero-order valence-corrected chi connectivity index (χ0v) is 16.9. The Balaban J connectivity index is 2.08. The van der Waals surface area contributed by atoms with Crippen LogP contribution in [0.15, 0.2) is 0 Å². The Morgan fingerprint density at radius 1 is 1.26 bits per heavy atom. The van der Waals surface area contributed by atoms with E-state index in [1.807, 2.05) is 0 Å². The number of carbonyl (C=O) groups excluding carboxylic acids is 3. The Kier molecular flexibility index (Phi) is 5.87. The second kappa shape index (κ2) is 7.48. The monoisotopic (exact) mass is 381 g/mol. The van der Waals surface area contributed by atoms with Gasteiger partial charge in [0.15, 0.2) is 0 Å². The van der Waals surface area contributed by atoms with Gasteiger partial charge in [-0.05, 0) is 50.9 Å². The summed E-state index contributed by atoms with van der Waals surface area (Å²) >= 11 is 0. The molecule has 2 N–H and O–H groups in total. The van der Waals surface area contributed by atoms with Gasteiger partial charge < -0.3 is 15.3 Å². The number of imide groups is 1. The number of nitrogens with one attached hydrogen (secondary N) is 1. The van der Waals surface area contributed by atoms with Crippen LogP contribution in [0.4, 0.5) is 4.79 Å². The Morgan fingerprint density at radius 2 is 1.81 bits per heavy atom. The summed E-state index contributed by atoms with van der Waals surface area (Å²) in [5.41, 5.74) is -0.772. The molecule has 2 aliphatic rings. The summed E-state index contributed by atoms with van der Waals surface area (Å²) < 4.78 is 0. The highest BCUT2D eigenvalue weighted by Gasteiger charge is 2.53. The minimum atomic E-state index is -1.13. The molecule has 0 unspecified atom stereocenters. The Labute approximate surface area is 160 Å². The van der Waals surface area contributed by atoms with Crippen LogP contribution in [0.5, 0.6) is 0 Å². The van der Waals surface area contributed by atoms with Gasteiger partial charge in [0.05, 0.1) is 0 Å². The van der Waals surface area contributed by atoms with E-state index in [0.29, 0.717) is 18.8 Å². The maximum atomic E-state index is 13.0. The molecule has 0 bridgehead atoms. The molecular weight excluding hydrogens is 350 g/mol. The van der Waals surface area contributed by atoms with Gasteiger partial charge in [-0.2, -0.15) is 0 Å². The number of carbonyl (C=O) groups is 4. The molecule has 27 heavy (non-hydrogen) atoms. The highest BCUT2D eigenvalue weighted by atomic mass is 16.4. The van der Waals surface area contributed by atoms with Gasteiger partial charge in [0.1, 0.15) is 18.6 Å². The number of hydrogen-bond acceptors (Lipinski definition) is 4. The molecule has 152 valence electrons. The topological polar surface area (TPSA) is 107 Å². The second-order valence-electron chi connectivity index (χ2n) is 9.05. The van der Waals surface area contributed by atoms with Crippen molar-refractivity contribution >= 4 is 23.8 Å². The lowest BCUT2D eigenvalue weighted by Gasteiger charge is -2.40. The molecule has 0 radical (unpaired) electrons. The van der Waals surface area contributed by atoms with Crippen LogP contribution in [0.1, 0.15) is 60.3 Å². The predicted molar refractivity (Wildman–Crippen MR) is 98.9 cm³/mol. The first-order valence-corrected chi connectivity index (χ1v) is 9.53. The molecule has 0 aromatic carbocycles. The minimum Gasteiger partial charge on any atom is -0.480 e. The van der Waals surface area contributed by atoms with Crippen molar-refractivity contribution in [2.45, 2.75) is 71.9 Å². The summed E-state index contributed by atoms with van der Waals surface area (Å²) in [5.74, 6) is -1.56. The van der Waals surface area contributed by atoms with E-state index in [1.54, 1.807) is 13.8 Å². The summed E-state index contributed by atoms with van der Waals surface area (Å²) in [4.78, 5) is 50.9. The van der Waals surface area contributed by atoms with E-state index in [1.165, 1.54) is 0 Å². The lowest BCUT2D eigenvalue weighted by Crippen LogP contribution is -2.51. The third-order valence-electron chi connectivity index (χ3n) is 5.85. The van der Waals surface area contributed by atoms with Crippen LogP contribution in [-0.4, -0.2) is 63.4 Å². The van der Waals surface area contributed by atoms with Gasteiger partial charge in [0.25, 0.3) is 5.91 Å². The third-order valence-corrected chi connectivity index (χ3v) is 5.85. The molecule has 1 aliphatic carbocycles. The van der Waals surface area contributed by atoms with Gasteiger partial charge in [-0.3, -0.25) is 19.3 Å². The first-order valence-electron chi connectivity index (χ1n) is 9.53. The van der Waals surface area contributed by atoms with E-state index >= 15 is 0 Å². The van der Waals surface area contributed by atoms with Crippen molar-refractivity contribution in [1.29, 1.82) is 0 Å². The maximum absolute atomic E-state index is 13.0. The molecular formula is C19H31N3O5. The SMILES string of the molecule is CC(C)N(CC(=O)O)C(=O)CN1C(=O)NC2(CCC(C(C)(C)C)CC2)C1=O. The molecule has 8 heteroatoms. The Hall–Kier alpha value is -2.12. The molecule has 1 aliphatic heterocycles. The first kappa shape index (κ1) is 21.2. The molecule has 2 rings (SSSR count). The number of aliphatic carboxylic acids is 1. The van der Waals surface area contributed by atoms with E-state index in [0.717, 1.165) is 22.6 Å². The van der Waals surface area contributed by atoms with Crippen molar-refractivity contribution in [3.05, 3.63) is 0 Å². The van der Waals surface area contributed by atoms with E-state index < -0.39 is 36.5 Å². The smallest absolute Gasteiger partial charge is 0.325 e. The molecule has 1 saturated heterocycles. The van der Waals surface area contributed by atoms with Crippen LogP contribution >= 0.6 is 0 Å². The molecule has 2 fully saturated rings. The van der Waals surface area contributed by atoms with Gasteiger partial charge in [0.2, 0.25) is 5.91 Å². The lowest BCUT2D eigenvalue weighted by atomic mass is 9.67. The second-order valence-corrected chi connectivity index (χ2v) is 9.05. The van der Waals surface area contributed by atoms with Crippen LogP contribution in [0.3, 0.4) is 0 Å². The molecule has 0 aromatic heterocycles. The zero-order chi connectivity index (χ0) is 20.6. The molecule has 0 aromatic rings. The van der Waals surface area contributed by atoms with Gasteiger partial charge in [0, 0.05) is 6.04 Å². The van der Waals surface area contributed by atoms with Crippen LogP contribution in [-0.2, 0) is 14.4 Å². The number of amides is 4. The van der Waals surface area contributed by atoms with Crippen LogP contribution in [0.2, 0.25) is 0 Å². The van der Waals surface area contributed by atoms with Crippen molar-refractivity contribution < 1.29 is 24.3 Å². The number of hydrogen-bond donors (Lipinski definition) is 2. The molecule has 0 atom stereocenters. The number of carboxylic acid groups (broad SMARTS) is 1. The van der Waals surface area contributed by atoms with Gasteiger partial charge in [-0.1, -0.05) is 20.8 Å². The fraction of sp³-hybridized carbons (Fsp3) is 0.789. The van der Waals surface area contributed by atoms with Crippen molar-refractivity contribution in [3.63, 3.8) is 0 Å². The standard InChI is InChI=1S/C19H31N3O5/c1-12(2)21(11-15(24)25)14(23)10-22-16(26)19(20-17(22)27)8-6-13(7-9-19)18(3,4)5/h12-13H,6-11H2,1-5H3,(H,20,27)(H,24,25). The van der Waals surface area contributed by atoms with Crippen molar-refractivity contribution in [1.82, 2.24) is 15.1 Å². The molecule has 8 nitrogen and oxygen atoms in total. The van der Waals surface area contributed by atoms with E-state index in [4.69, 9.17) is 5.11 Å². The Bertz CT molecular complexity index is 630. The maximum Gasteiger partial charge on any atom is 0.325 e. The summed E-state index contributed by atoms with van der Waals surface area (Å²) in [6.45, 7) is 9.04. The normalized spacial score (nSPS) is 25.9. The van der Waals surface area contributed by atoms with E-state index in [-0.39, 0.29) is 17.4 Å². The fourth-order valence-electron chi connectivity index (χ4n) is 4.07. The number of rotatable bonds is 5. The third kappa shape index (κ3) is 4.42. The highest BCUT2D eigenvalue weighted by molar-refractivity contribution is 6.09.